The minimum Gasteiger partial charge on any atom is -0.380 e. The molecule has 1 aromatic carbocycles. The van der Waals surface area contributed by atoms with Gasteiger partial charge in [0.2, 0.25) is 0 Å². The van der Waals surface area contributed by atoms with Crippen molar-refractivity contribution < 1.29 is 8.42 Å². The van der Waals surface area contributed by atoms with Crippen LogP contribution in [-0.4, -0.2) is 19.7 Å². The number of rotatable bonds is 3. The third-order valence-electron chi connectivity index (χ3n) is 2.11. The molecule has 0 aliphatic carbocycles. The van der Waals surface area contributed by atoms with Crippen molar-refractivity contribution in [2.24, 2.45) is 0 Å². The molecule has 0 atom stereocenters. The van der Waals surface area contributed by atoms with Crippen LogP contribution in [0, 0.1) is 0 Å². The topological polar surface area (TPSA) is 46.2 Å². The van der Waals surface area contributed by atoms with Gasteiger partial charge in [-0.05, 0) is 45.0 Å². The third kappa shape index (κ3) is 3.52. The zero-order valence-electron chi connectivity index (χ0n) is 10.2. The van der Waals surface area contributed by atoms with E-state index in [-0.39, 0.29) is 11.3 Å². The summed E-state index contributed by atoms with van der Waals surface area (Å²) in [5.41, 5.74) is 0.910. The van der Waals surface area contributed by atoms with Gasteiger partial charge in [-0.1, -0.05) is 6.92 Å². The molecular formula is C12H19NO2S. The molecule has 3 nitrogen and oxygen atoms in total. The fraction of sp³-hybridized carbons (Fsp3) is 0.500. The minimum atomic E-state index is -3.09. The highest BCUT2D eigenvalue weighted by molar-refractivity contribution is 7.91. The minimum absolute atomic E-state index is 0.0227. The summed E-state index contributed by atoms with van der Waals surface area (Å²) in [7, 11) is -3.09. The molecule has 0 aliphatic rings. The summed E-state index contributed by atoms with van der Waals surface area (Å²) >= 11 is 0. The smallest absolute Gasteiger partial charge is 0.178 e. The first kappa shape index (κ1) is 13.0. The van der Waals surface area contributed by atoms with Crippen LogP contribution in [0.25, 0.3) is 0 Å². The van der Waals surface area contributed by atoms with Crippen LogP contribution in [0.4, 0.5) is 5.69 Å². The maximum atomic E-state index is 11.6. The summed E-state index contributed by atoms with van der Waals surface area (Å²) in [6.07, 6.45) is 0. The van der Waals surface area contributed by atoms with Crippen molar-refractivity contribution in [2.75, 3.05) is 11.1 Å². The van der Waals surface area contributed by atoms with E-state index in [0.29, 0.717) is 4.90 Å². The number of hydrogen-bond acceptors (Lipinski definition) is 3. The lowest BCUT2D eigenvalue weighted by Gasteiger charge is -2.22. The van der Waals surface area contributed by atoms with Crippen LogP contribution >= 0.6 is 0 Å². The van der Waals surface area contributed by atoms with Gasteiger partial charge >= 0.3 is 0 Å². The molecule has 0 fully saturated rings. The zero-order valence-corrected chi connectivity index (χ0v) is 11.1. The van der Waals surface area contributed by atoms with E-state index in [1.807, 2.05) is 0 Å². The lowest BCUT2D eigenvalue weighted by atomic mass is 10.1. The summed E-state index contributed by atoms with van der Waals surface area (Å²) in [6, 6.07) is 6.89. The van der Waals surface area contributed by atoms with Gasteiger partial charge in [-0.25, -0.2) is 8.42 Å². The predicted molar refractivity (Wildman–Crippen MR) is 67.5 cm³/mol. The van der Waals surface area contributed by atoms with Crippen molar-refractivity contribution in [1.82, 2.24) is 0 Å². The van der Waals surface area contributed by atoms with E-state index in [1.165, 1.54) is 0 Å². The summed E-state index contributed by atoms with van der Waals surface area (Å²) in [5.74, 6) is 0.138. The Bertz CT molecular complexity index is 441. The average Bonchev–Trinajstić information content (AvgIpc) is 2.16. The Morgan fingerprint density at radius 1 is 1.12 bits per heavy atom. The van der Waals surface area contributed by atoms with Crippen molar-refractivity contribution in [1.29, 1.82) is 0 Å². The average molecular weight is 241 g/mol. The monoisotopic (exact) mass is 241 g/mol. The molecule has 0 aromatic heterocycles. The molecule has 0 spiro atoms. The van der Waals surface area contributed by atoms with E-state index in [2.05, 4.69) is 26.1 Å². The number of anilines is 1. The molecule has 1 N–H and O–H groups in total. The van der Waals surface area contributed by atoms with Crippen LogP contribution in [0.1, 0.15) is 27.7 Å². The molecule has 0 unspecified atom stereocenters. The second-order valence-electron chi connectivity index (χ2n) is 4.80. The Labute approximate surface area is 97.8 Å². The summed E-state index contributed by atoms with van der Waals surface area (Å²) in [6.45, 7) is 7.83. The van der Waals surface area contributed by atoms with Crippen molar-refractivity contribution in [3.05, 3.63) is 24.3 Å². The normalized spacial score (nSPS) is 12.5. The molecule has 0 aliphatic heterocycles. The molecule has 1 rings (SSSR count). The van der Waals surface area contributed by atoms with Gasteiger partial charge in [0, 0.05) is 11.2 Å². The summed E-state index contributed by atoms with van der Waals surface area (Å²) in [4.78, 5) is 0.384. The SMILES string of the molecule is CCS(=O)(=O)c1ccc(NC(C)(C)C)cc1. The van der Waals surface area contributed by atoms with Crippen LogP contribution in [0.3, 0.4) is 0 Å². The second kappa shape index (κ2) is 4.45. The molecule has 0 saturated carbocycles. The van der Waals surface area contributed by atoms with Crippen molar-refractivity contribution >= 4 is 15.5 Å². The van der Waals surface area contributed by atoms with Gasteiger partial charge in [-0.3, -0.25) is 0 Å². The van der Waals surface area contributed by atoms with Gasteiger partial charge in [-0.15, -0.1) is 0 Å². The Balaban J connectivity index is 2.93. The van der Waals surface area contributed by atoms with E-state index >= 15 is 0 Å². The van der Waals surface area contributed by atoms with Gasteiger partial charge in [0.25, 0.3) is 0 Å². The highest BCUT2D eigenvalue weighted by atomic mass is 32.2. The van der Waals surface area contributed by atoms with Crippen molar-refractivity contribution in [3.63, 3.8) is 0 Å². The zero-order chi connectivity index (χ0) is 12.4. The maximum Gasteiger partial charge on any atom is 0.178 e. The molecule has 90 valence electrons. The first-order valence-corrected chi connectivity index (χ1v) is 7.01. The number of benzene rings is 1. The van der Waals surface area contributed by atoms with Gasteiger partial charge in [0.15, 0.2) is 9.84 Å². The molecule has 0 bridgehead atoms. The van der Waals surface area contributed by atoms with Gasteiger partial charge < -0.3 is 5.32 Å². The lowest BCUT2D eigenvalue weighted by molar-refractivity contribution is 0.597. The summed E-state index contributed by atoms with van der Waals surface area (Å²) < 4.78 is 23.2. The molecular weight excluding hydrogens is 222 g/mol. The second-order valence-corrected chi connectivity index (χ2v) is 7.08. The Morgan fingerprint density at radius 3 is 2.00 bits per heavy atom. The molecule has 0 radical (unpaired) electrons. The number of hydrogen-bond donors (Lipinski definition) is 1. The van der Waals surface area contributed by atoms with Crippen LogP contribution in [0.5, 0.6) is 0 Å². The first-order chi connectivity index (χ1) is 7.24. The first-order valence-electron chi connectivity index (χ1n) is 5.35. The van der Waals surface area contributed by atoms with Crippen LogP contribution in [-0.2, 0) is 9.84 Å². The van der Waals surface area contributed by atoms with E-state index in [1.54, 1.807) is 31.2 Å². The van der Waals surface area contributed by atoms with E-state index in [4.69, 9.17) is 0 Å². The molecule has 0 saturated heterocycles. The van der Waals surface area contributed by atoms with Gasteiger partial charge in [-0.2, -0.15) is 0 Å². The molecule has 0 heterocycles. The Morgan fingerprint density at radius 2 is 1.62 bits per heavy atom. The molecule has 1 aromatic rings. The number of sulfone groups is 1. The fourth-order valence-corrected chi connectivity index (χ4v) is 2.23. The fourth-order valence-electron chi connectivity index (χ4n) is 1.35. The van der Waals surface area contributed by atoms with Crippen molar-refractivity contribution in [2.45, 2.75) is 38.1 Å². The molecule has 16 heavy (non-hydrogen) atoms. The Kier molecular flexibility index (Phi) is 3.63. The quantitative estimate of drug-likeness (QED) is 0.885. The van der Waals surface area contributed by atoms with Crippen LogP contribution in [0.15, 0.2) is 29.2 Å². The highest BCUT2D eigenvalue weighted by Gasteiger charge is 2.12. The largest absolute Gasteiger partial charge is 0.380 e. The van der Waals surface area contributed by atoms with E-state index in [9.17, 15) is 8.42 Å². The van der Waals surface area contributed by atoms with E-state index < -0.39 is 9.84 Å². The van der Waals surface area contributed by atoms with Crippen LogP contribution < -0.4 is 5.32 Å². The Hall–Kier alpha value is -1.03. The van der Waals surface area contributed by atoms with Gasteiger partial charge in [0.05, 0.1) is 10.6 Å². The molecule has 4 heteroatoms. The van der Waals surface area contributed by atoms with E-state index in [0.717, 1.165) is 5.69 Å². The van der Waals surface area contributed by atoms with Crippen molar-refractivity contribution in [3.8, 4) is 0 Å². The summed E-state index contributed by atoms with van der Waals surface area (Å²) in [5, 5.41) is 3.28. The highest BCUT2D eigenvalue weighted by Crippen LogP contribution is 2.18. The van der Waals surface area contributed by atoms with Gasteiger partial charge in [0.1, 0.15) is 0 Å². The molecule has 0 amide bonds. The number of nitrogens with one attached hydrogen (secondary N) is 1. The van der Waals surface area contributed by atoms with Crippen LogP contribution in [0.2, 0.25) is 0 Å². The lowest BCUT2D eigenvalue weighted by Crippen LogP contribution is -2.25. The standard InChI is InChI=1S/C12H19NO2S/c1-5-16(14,15)11-8-6-10(7-9-11)13-12(2,3)4/h6-9,13H,5H2,1-4H3. The predicted octanol–water partition coefficient (Wildman–Crippen LogP) is 2.69. The third-order valence-corrected chi connectivity index (χ3v) is 3.86. The maximum absolute atomic E-state index is 11.6.